The number of sulfonamides is 1. The lowest BCUT2D eigenvalue weighted by molar-refractivity contribution is -0.913. The predicted octanol–water partition coefficient (Wildman–Crippen LogP) is 7.62. The summed E-state index contributed by atoms with van der Waals surface area (Å²) in [7, 11) is -0.283. The molecule has 2 fully saturated rings. The summed E-state index contributed by atoms with van der Waals surface area (Å²) in [4.78, 5) is 29.9. The van der Waals surface area contributed by atoms with Crippen molar-refractivity contribution in [2.75, 3.05) is 40.3 Å². The molecular formula is C43H52F3N6O5S+. The summed E-state index contributed by atoms with van der Waals surface area (Å²) in [6.07, 6.45) is 5.17. The molecule has 2 unspecified atom stereocenters. The van der Waals surface area contributed by atoms with Crippen LogP contribution in [-0.4, -0.2) is 102 Å². The van der Waals surface area contributed by atoms with Crippen molar-refractivity contribution in [2.24, 2.45) is 0 Å². The highest BCUT2D eigenvalue weighted by Crippen LogP contribution is 2.48. The molecule has 2 aliphatic heterocycles. The maximum absolute atomic E-state index is 14.7. The smallest absolute Gasteiger partial charge is 0.408 e. The maximum Gasteiger partial charge on any atom is 0.408 e. The van der Waals surface area contributed by atoms with Crippen molar-refractivity contribution in [3.8, 4) is 17.0 Å². The van der Waals surface area contributed by atoms with Gasteiger partial charge in [0.25, 0.3) is 11.8 Å². The zero-order valence-corrected chi connectivity index (χ0v) is 34.5. The molecule has 15 heteroatoms. The molecule has 2 atom stereocenters. The minimum Gasteiger partial charge on any atom is -0.497 e. The number of methoxy groups -OCH3 is 1. The number of ether oxygens (including phenoxy) is 1. The molecular weight excluding hydrogens is 770 g/mol. The minimum absolute atomic E-state index is 0.0183. The van der Waals surface area contributed by atoms with Gasteiger partial charge in [0.05, 0.1) is 74.8 Å². The Bertz CT molecular complexity index is 2410. The van der Waals surface area contributed by atoms with Crippen LogP contribution in [0.2, 0.25) is 0 Å². The molecule has 0 spiro atoms. The van der Waals surface area contributed by atoms with E-state index in [2.05, 4.69) is 30.4 Å². The van der Waals surface area contributed by atoms with Gasteiger partial charge in [-0.05, 0) is 92.6 Å². The molecule has 2 aromatic heterocycles. The van der Waals surface area contributed by atoms with Crippen molar-refractivity contribution >= 4 is 44.4 Å². The predicted molar refractivity (Wildman–Crippen MR) is 219 cm³/mol. The third kappa shape index (κ3) is 7.82. The molecule has 1 N–H and O–H groups in total. The number of likely N-dealkylation sites (N-methyl/N-ethyl adjacent to an activating group) is 1. The van der Waals surface area contributed by atoms with Gasteiger partial charge in [-0.25, -0.2) is 13.1 Å². The number of aromatic nitrogens is 3. The van der Waals surface area contributed by atoms with Crippen LogP contribution < -0.4 is 9.46 Å². The van der Waals surface area contributed by atoms with Crippen LogP contribution in [0.1, 0.15) is 96.3 Å². The van der Waals surface area contributed by atoms with E-state index in [0.717, 1.165) is 70.0 Å². The van der Waals surface area contributed by atoms with E-state index in [1.807, 2.05) is 34.9 Å². The number of carbonyl (C=O) groups excluding carboxylic acids is 2. The third-order valence-corrected chi connectivity index (χ3v) is 14.0. The Balaban J connectivity index is 1.46. The minimum atomic E-state index is -4.65. The lowest BCUT2D eigenvalue weighted by Gasteiger charge is -2.45. The monoisotopic (exact) mass is 821 g/mol. The molecule has 7 rings (SSSR count). The first-order valence-corrected chi connectivity index (χ1v) is 21.5. The molecule has 4 heterocycles. The molecule has 2 aromatic carbocycles. The number of nitrogens with one attached hydrogen (secondary N) is 1. The van der Waals surface area contributed by atoms with Gasteiger partial charge in [-0.2, -0.15) is 18.3 Å². The fourth-order valence-electron chi connectivity index (χ4n) is 8.85. The van der Waals surface area contributed by atoms with Crippen molar-refractivity contribution in [3.63, 3.8) is 0 Å². The van der Waals surface area contributed by atoms with Crippen molar-refractivity contribution in [3.05, 3.63) is 83.2 Å². The standard InChI is InChI=1S/C43H51F3N6O5S/c1-7-32-25-52(5,8-2)19-18-49(32)42(54)36-23-47-51(26-43(44,45)46)39(36)31-20-30-21-33(57-6)15-17-34(30)40-38(28-12-10-9-11-13-28)35-16-14-29(22-37(35)50(40)24-31)41(53)48-58(55,56)27(3)4/h7,14-17,20-23,27-28,32H,1,8-13,18-19,24-26H2,2-6H3/p+1. The van der Waals surface area contributed by atoms with Crippen LogP contribution in [0.15, 0.2) is 55.3 Å². The average molecular weight is 822 g/mol. The van der Waals surface area contributed by atoms with Gasteiger partial charge in [-0.3, -0.25) is 14.3 Å². The summed E-state index contributed by atoms with van der Waals surface area (Å²) in [5.41, 5.74) is 4.66. The van der Waals surface area contributed by atoms with E-state index in [1.165, 1.54) is 20.0 Å². The normalized spacial score (nSPS) is 20.3. The Morgan fingerprint density at radius 2 is 1.84 bits per heavy atom. The molecule has 2 amide bonds. The lowest BCUT2D eigenvalue weighted by Crippen LogP contribution is -2.62. The van der Waals surface area contributed by atoms with Crippen LogP contribution >= 0.6 is 0 Å². The number of halogens is 3. The number of hydrogen-bond donors (Lipinski definition) is 1. The number of hydrogen-bond acceptors (Lipinski definition) is 6. The molecule has 0 bridgehead atoms. The highest BCUT2D eigenvalue weighted by molar-refractivity contribution is 7.90. The van der Waals surface area contributed by atoms with Crippen LogP contribution in [-0.2, 0) is 23.1 Å². The summed E-state index contributed by atoms with van der Waals surface area (Å²) in [5.74, 6) is -0.521. The van der Waals surface area contributed by atoms with E-state index >= 15 is 0 Å². The Hall–Kier alpha value is -4.89. The van der Waals surface area contributed by atoms with Crippen LogP contribution in [0, 0.1) is 0 Å². The van der Waals surface area contributed by atoms with Gasteiger partial charge in [0.15, 0.2) is 0 Å². The van der Waals surface area contributed by atoms with Crippen LogP contribution in [0.4, 0.5) is 13.2 Å². The largest absolute Gasteiger partial charge is 0.497 e. The van der Waals surface area contributed by atoms with Gasteiger partial charge in [0.2, 0.25) is 10.0 Å². The van der Waals surface area contributed by atoms with E-state index in [9.17, 15) is 31.2 Å². The Morgan fingerprint density at radius 3 is 2.50 bits per heavy atom. The van der Waals surface area contributed by atoms with E-state index in [-0.39, 0.29) is 35.3 Å². The van der Waals surface area contributed by atoms with Crippen LogP contribution in [0.25, 0.3) is 33.8 Å². The number of allylic oxidation sites excluding steroid dienone is 1. The molecule has 1 aliphatic carbocycles. The number of alkyl halides is 3. The molecule has 1 saturated heterocycles. The first-order chi connectivity index (χ1) is 27.5. The van der Waals surface area contributed by atoms with Crippen molar-refractivity contribution in [1.82, 2.24) is 24.0 Å². The van der Waals surface area contributed by atoms with E-state index in [1.54, 1.807) is 30.2 Å². The molecule has 3 aliphatic rings. The quantitative estimate of drug-likeness (QED) is 0.130. The lowest BCUT2D eigenvalue weighted by atomic mass is 9.81. The average Bonchev–Trinajstić information content (AvgIpc) is 3.69. The molecule has 1 saturated carbocycles. The molecule has 310 valence electrons. The zero-order chi connectivity index (χ0) is 41.7. The van der Waals surface area contributed by atoms with Crippen molar-refractivity contribution in [2.45, 2.75) is 89.4 Å². The molecule has 11 nitrogen and oxygen atoms in total. The number of quaternary nitrogens is 1. The Labute approximate surface area is 337 Å². The van der Waals surface area contributed by atoms with Gasteiger partial charge in [-0.15, -0.1) is 6.58 Å². The Morgan fingerprint density at radius 1 is 1.10 bits per heavy atom. The van der Waals surface area contributed by atoms with E-state index in [4.69, 9.17) is 4.74 Å². The summed E-state index contributed by atoms with van der Waals surface area (Å²) >= 11 is 0. The maximum atomic E-state index is 14.7. The summed E-state index contributed by atoms with van der Waals surface area (Å²) in [6.45, 7) is 10.2. The van der Waals surface area contributed by atoms with E-state index in [0.29, 0.717) is 42.0 Å². The summed E-state index contributed by atoms with van der Waals surface area (Å²) in [6, 6.07) is 10.4. The fourth-order valence-corrected chi connectivity index (χ4v) is 9.47. The highest BCUT2D eigenvalue weighted by Gasteiger charge is 2.40. The van der Waals surface area contributed by atoms with Gasteiger partial charge in [-0.1, -0.05) is 31.4 Å². The number of nitrogens with zero attached hydrogens (tertiary/aromatic N) is 5. The fraction of sp³-hybridized carbons (Fsp3) is 0.465. The van der Waals surface area contributed by atoms with Crippen LogP contribution in [0.3, 0.4) is 0 Å². The number of fused-ring (bicyclic) bond motifs is 5. The van der Waals surface area contributed by atoms with Crippen molar-refractivity contribution in [1.29, 1.82) is 0 Å². The van der Waals surface area contributed by atoms with Gasteiger partial charge >= 0.3 is 6.18 Å². The van der Waals surface area contributed by atoms with Gasteiger partial charge in [0, 0.05) is 22.0 Å². The van der Waals surface area contributed by atoms with Crippen molar-refractivity contribution < 1.29 is 40.4 Å². The Kier molecular flexibility index (Phi) is 11.2. The topological polar surface area (TPSA) is 116 Å². The summed E-state index contributed by atoms with van der Waals surface area (Å²) in [5, 5.41) is 4.25. The number of amides is 2. The number of piperazine rings is 1. The first-order valence-electron chi connectivity index (χ1n) is 20.0. The van der Waals surface area contributed by atoms with E-state index < -0.39 is 39.8 Å². The number of rotatable bonds is 10. The van der Waals surface area contributed by atoms with Gasteiger partial charge < -0.3 is 18.7 Å². The second-order valence-electron chi connectivity index (χ2n) is 16.4. The van der Waals surface area contributed by atoms with Gasteiger partial charge in [0.1, 0.15) is 18.8 Å². The molecule has 4 aromatic rings. The SMILES string of the molecule is C=CC1C[N+](C)(CC)CCN1C(=O)c1cnn(CC(F)(F)F)c1C1=Cc2cc(OC)ccc2-c2c(C3CCCCC3)c3ccc(C(=O)NS(=O)(=O)C(C)C)cc3n2C1. The highest BCUT2D eigenvalue weighted by atomic mass is 32.2. The molecule has 0 radical (unpaired) electrons. The second-order valence-corrected chi connectivity index (χ2v) is 18.6. The second kappa shape index (κ2) is 15.7. The third-order valence-electron chi connectivity index (χ3n) is 12.3. The molecule has 58 heavy (non-hydrogen) atoms. The number of carbonyl (C=O) groups is 2. The first kappa shape index (κ1) is 41.3. The van der Waals surface area contributed by atoms with Crippen LogP contribution in [0.5, 0.6) is 5.75 Å². The zero-order valence-electron chi connectivity index (χ0n) is 33.7. The number of benzene rings is 2. The summed E-state index contributed by atoms with van der Waals surface area (Å²) < 4.78 is 80.1.